The van der Waals surface area contributed by atoms with Gasteiger partial charge in [0.2, 0.25) is 0 Å². The van der Waals surface area contributed by atoms with Gasteiger partial charge in [0.05, 0.1) is 18.1 Å². The van der Waals surface area contributed by atoms with Gasteiger partial charge in [-0.3, -0.25) is 4.79 Å². The first-order chi connectivity index (χ1) is 8.24. The van der Waals surface area contributed by atoms with Crippen molar-refractivity contribution >= 4 is 5.97 Å². The second-order valence-electron chi connectivity index (χ2n) is 3.99. The van der Waals surface area contributed by atoms with E-state index in [2.05, 4.69) is 10.0 Å². The van der Waals surface area contributed by atoms with Gasteiger partial charge in [0, 0.05) is 4.91 Å². The van der Waals surface area contributed by atoms with Crippen molar-refractivity contribution in [2.45, 2.75) is 18.9 Å². The molecule has 0 bridgehead atoms. The second kappa shape index (κ2) is 4.47. The van der Waals surface area contributed by atoms with E-state index in [9.17, 15) is 4.79 Å². The first-order valence-electron chi connectivity index (χ1n) is 5.53. The minimum Gasteiger partial charge on any atom is -0.466 e. The summed E-state index contributed by atoms with van der Waals surface area (Å²) in [6.45, 7) is 2.11. The third-order valence-electron chi connectivity index (χ3n) is 3.00. The normalized spacial score (nSPS) is 25.8. The summed E-state index contributed by atoms with van der Waals surface area (Å²) in [6, 6.07) is 9.35. The van der Waals surface area contributed by atoms with Crippen LogP contribution in [0.5, 0.6) is 0 Å². The summed E-state index contributed by atoms with van der Waals surface area (Å²) in [4.78, 5) is 14.5. The molecule has 0 radical (unpaired) electrons. The van der Waals surface area contributed by atoms with Crippen LogP contribution in [0.2, 0.25) is 0 Å². The molecule has 1 fully saturated rings. The number of hydrogen-bond acceptors (Lipinski definition) is 3. The zero-order chi connectivity index (χ0) is 12.3. The lowest BCUT2D eigenvalue weighted by Gasteiger charge is -2.10. The molecular formula is C12H13N3O2. The predicted molar refractivity (Wildman–Crippen MR) is 62.0 cm³/mol. The van der Waals surface area contributed by atoms with Crippen LogP contribution in [0.25, 0.3) is 10.4 Å². The molecule has 0 aromatic heterocycles. The lowest BCUT2D eigenvalue weighted by molar-refractivity contribution is -0.145. The second-order valence-corrected chi connectivity index (χ2v) is 3.99. The lowest BCUT2D eigenvalue weighted by atomic mass is 10.0. The molecule has 17 heavy (non-hydrogen) atoms. The van der Waals surface area contributed by atoms with Crippen LogP contribution in [0.3, 0.4) is 0 Å². The zero-order valence-electron chi connectivity index (χ0n) is 9.54. The molecule has 1 aliphatic rings. The molecule has 0 amide bonds. The van der Waals surface area contributed by atoms with Crippen molar-refractivity contribution in [3.05, 3.63) is 46.3 Å². The third-order valence-corrected chi connectivity index (χ3v) is 3.00. The molecule has 2 rings (SSSR count). The molecule has 0 saturated heterocycles. The molecule has 88 valence electrons. The zero-order valence-corrected chi connectivity index (χ0v) is 9.54. The van der Waals surface area contributed by atoms with Gasteiger partial charge in [0.1, 0.15) is 0 Å². The molecule has 2 atom stereocenters. The van der Waals surface area contributed by atoms with E-state index in [1.165, 1.54) is 0 Å². The van der Waals surface area contributed by atoms with E-state index in [4.69, 9.17) is 10.3 Å². The third kappa shape index (κ3) is 1.97. The number of azide groups is 1. The number of rotatable bonds is 4. The summed E-state index contributed by atoms with van der Waals surface area (Å²) in [6.07, 6.45) is 0.528. The average molecular weight is 231 g/mol. The van der Waals surface area contributed by atoms with Gasteiger partial charge < -0.3 is 4.74 Å². The van der Waals surface area contributed by atoms with Crippen LogP contribution in [0.1, 0.15) is 18.9 Å². The summed E-state index contributed by atoms with van der Waals surface area (Å²) >= 11 is 0. The van der Waals surface area contributed by atoms with Gasteiger partial charge in [0.15, 0.2) is 0 Å². The van der Waals surface area contributed by atoms with Crippen molar-refractivity contribution in [3.8, 4) is 0 Å². The van der Waals surface area contributed by atoms with Gasteiger partial charge in [-0.1, -0.05) is 35.4 Å². The maximum Gasteiger partial charge on any atom is 0.309 e. The van der Waals surface area contributed by atoms with Crippen LogP contribution >= 0.6 is 0 Å². The molecule has 1 aromatic carbocycles. The number of benzene rings is 1. The fourth-order valence-electron chi connectivity index (χ4n) is 2.07. The Labute approximate surface area is 99.0 Å². The Kier molecular flexibility index (Phi) is 3.02. The van der Waals surface area contributed by atoms with Gasteiger partial charge in [-0.15, -0.1) is 0 Å². The molecule has 0 N–H and O–H groups in total. The van der Waals surface area contributed by atoms with E-state index in [0.29, 0.717) is 13.0 Å². The first-order valence-corrected chi connectivity index (χ1v) is 5.53. The first kappa shape index (κ1) is 11.5. The molecule has 1 saturated carbocycles. The van der Waals surface area contributed by atoms with Crippen LogP contribution in [-0.2, 0) is 15.1 Å². The van der Waals surface area contributed by atoms with Gasteiger partial charge in [-0.2, -0.15) is 0 Å². The Bertz CT molecular complexity index is 468. The number of nitrogens with zero attached hydrogens (tertiary/aromatic N) is 3. The van der Waals surface area contributed by atoms with Crippen molar-refractivity contribution in [2.75, 3.05) is 6.61 Å². The van der Waals surface area contributed by atoms with Crippen molar-refractivity contribution in [2.24, 2.45) is 11.0 Å². The number of esters is 1. The Balaban J connectivity index is 2.27. The molecular weight excluding hydrogens is 218 g/mol. The largest absolute Gasteiger partial charge is 0.466 e. The number of carbonyl (C=O) groups is 1. The van der Waals surface area contributed by atoms with Crippen molar-refractivity contribution < 1.29 is 9.53 Å². The number of ether oxygens (including phenoxy) is 1. The van der Waals surface area contributed by atoms with Crippen LogP contribution in [0.4, 0.5) is 0 Å². The topological polar surface area (TPSA) is 75.1 Å². The Morgan fingerprint density at radius 2 is 2.29 bits per heavy atom. The monoisotopic (exact) mass is 231 g/mol. The minimum absolute atomic E-state index is 0.288. The van der Waals surface area contributed by atoms with Gasteiger partial charge in [-0.25, -0.2) is 0 Å². The molecule has 1 aliphatic carbocycles. The van der Waals surface area contributed by atoms with E-state index in [0.717, 1.165) is 5.56 Å². The van der Waals surface area contributed by atoms with Crippen LogP contribution in [-0.4, -0.2) is 12.6 Å². The van der Waals surface area contributed by atoms with E-state index in [1.807, 2.05) is 30.3 Å². The average Bonchev–Trinajstić information content (AvgIpc) is 3.07. The molecule has 0 heterocycles. The summed E-state index contributed by atoms with van der Waals surface area (Å²) < 4.78 is 4.97. The van der Waals surface area contributed by atoms with Crippen molar-refractivity contribution in [3.63, 3.8) is 0 Å². The highest BCUT2D eigenvalue weighted by Gasteiger charge is 2.60. The van der Waals surface area contributed by atoms with Crippen molar-refractivity contribution in [1.82, 2.24) is 0 Å². The van der Waals surface area contributed by atoms with E-state index < -0.39 is 5.54 Å². The smallest absolute Gasteiger partial charge is 0.309 e. The molecule has 5 nitrogen and oxygen atoms in total. The van der Waals surface area contributed by atoms with Gasteiger partial charge >= 0.3 is 5.97 Å². The summed E-state index contributed by atoms with van der Waals surface area (Å²) in [5.74, 6) is -0.635. The molecule has 5 heteroatoms. The molecule has 0 unspecified atom stereocenters. The predicted octanol–water partition coefficient (Wildman–Crippen LogP) is 2.78. The minimum atomic E-state index is -0.734. The Morgan fingerprint density at radius 1 is 1.59 bits per heavy atom. The molecule has 0 aliphatic heterocycles. The SMILES string of the molecule is CCOC(=O)[C@@H]1C[C@@]1(N=[N+]=[N-])c1ccccc1. The molecule has 1 aromatic rings. The fourth-order valence-corrected chi connectivity index (χ4v) is 2.07. The lowest BCUT2D eigenvalue weighted by Crippen LogP contribution is -2.15. The highest BCUT2D eigenvalue weighted by atomic mass is 16.5. The van der Waals surface area contributed by atoms with Gasteiger partial charge in [0.25, 0.3) is 0 Å². The summed E-state index contributed by atoms with van der Waals surface area (Å²) in [5.41, 5.74) is 8.78. The highest BCUT2D eigenvalue weighted by Crippen LogP contribution is 2.56. The van der Waals surface area contributed by atoms with Crippen molar-refractivity contribution in [1.29, 1.82) is 0 Å². The highest BCUT2D eigenvalue weighted by molar-refractivity contribution is 5.79. The Hall–Kier alpha value is -2.00. The quantitative estimate of drug-likeness (QED) is 0.346. The summed E-state index contributed by atoms with van der Waals surface area (Å²) in [5, 5.41) is 3.80. The molecule has 0 spiro atoms. The maximum atomic E-state index is 11.7. The van der Waals surface area contributed by atoms with Crippen LogP contribution < -0.4 is 0 Å². The maximum absolute atomic E-state index is 11.7. The van der Waals surface area contributed by atoms with E-state index in [-0.39, 0.29) is 11.9 Å². The summed E-state index contributed by atoms with van der Waals surface area (Å²) in [7, 11) is 0. The number of carbonyl (C=O) groups excluding carboxylic acids is 1. The van der Waals surface area contributed by atoms with Crippen LogP contribution in [0.15, 0.2) is 35.4 Å². The van der Waals surface area contributed by atoms with E-state index in [1.54, 1.807) is 6.92 Å². The fraction of sp³-hybridized carbons (Fsp3) is 0.417. The Morgan fingerprint density at radius 3 is 2.88 bits per heavy atom. The number of hydrogen-bond donors (Lipinski definition) is 0. The van der Waals surface area contributed by atoms with Crippen LogP contribution in [0, 0.1) is 5.92 Å². The standard InChI is InChI=1S/C12H13N3O2/c1-2-17-11(16)10-8-12(10,14-15-13)9-6-4-3-5-7-9/h3-7,10H,2,8H2,1H3/t10-,12+/m0/s1. The van der Waals surface area contributed by atoms with Gasteiger partial charge in [-0.05, 0) is 24.4 Å². The van der Waals surface area contributed by atoms with E-state index >= 15 is 0 Å².